The Morgan fingerprint density at radius 3 is 1.18 bits per heavy atom. The monoisotopic (exact) mass is 689 g/mol. The summed E-state index contributed by atoms with van der Waals surface area (Å²) in [4.78, 5) is 23.9. The minimum atomic E-state index is -1.03. The average Bonchev–Trinajstić information content (AvgIpc) is 3.12. The third-order valence-electron chi connectivity index (χ3n) is 7.19. The predicted molar refractivity (Wildman–Crippen MR) is 214 cm³/mol. The summed E-state index contributed by atoms with van der Waals surface area (Å²) in [5.74, 6) is -0.738. The van der Waals surface area contributed by atoms with E-state index in [2.05, 4.69) is 123 Å². The number of esters is 2. The van der Waals surface area contributed by atoms with Crippen molar-refractivity contribution in [3.8, 4) is 0 Å². The van der Waals surface area contributed by atoms with Gasteiger partial charge in [0.1, 0.15) is 19.3 Å². The molecular formula is C45H68O5. The van der Waals surface area contributed by atoms with E-state index in [4.69, 9.17) is 9.47 Å². The van der Waals surface area contributed by atoms with Crippen molar-refractivity contribution in [1.29, 1.82) is 0 Å². The Hall–Kier alpha value is -3.70. The number of unbranched alkanes of at least 4 members (excludes halogenated alkanes) is 4. The topological polar surface area (TPSA) is 72.8 Å². The minimum absolute atomic E-state index is 0.177. The Labute approximate surface area is 305 Å². The summed E-state index contributed by atoms with van der Waals surface area (Å²) in [5.41, 5.74) is 0. The van der Waals surface area contributed by atoms with Crippen LogP contribution in [-0.2, 0) is 19.1 Å². The number of rotatable bonds is 32. The summed E-state index contributed by atoms with van der Waals surface area (Å²) in [6, 6.07) is 0. The normalized spacial score (nSPS) is 13.6. The number of hydrogen-bond donors (Lipinski definition) is 1. The number of aliphatic hydroxyl groups is 1. The Balaban J connectivity index is 3.71. The largest absolute Gasteiger partial charge is 0.463 e. The molecule has 0 unspecified atom stereocenters. The second-order valence-corrected chi connectivity index (χ2v) is 12.0. The molecule has 0 aliphatic rings. The molecule has 0 spiro atoms. The van der Waals surface area contributed by atoms with E-state index in [-0.39, 0.29) is 38.0 Å². The van der Waals surface area contributed by atoms with E-state index in [0.717, 1.165) is 64.2 Å². The Morgan fingerprint density at radius 2 is 0.780 bits per heavy atom. The van der Waals surface area contributed by atoms with E-state index in [1.165, 1.54) is 25.7 Å². The molecule has 0 aliphatic heterocycles. The van der Waals surface area contributed by atoms with Crippen LogP contribution >= 0.6 is 0 Å². The molecule has 1 N–H and O–H groups in total. The molecule has 50 heavy (non-hydrogen) atoms. The van der Waals surface area contributed by atoms with Crippen LogP contribution in [0.3, 0.4) is 0 Å². The van der Waals surface area contributed by atoms with Crippen LogP contribution in [-0.4, -0.2) is 36.4 Å². The second-order valence-electron chi connectivity index (χ2n) is 12.0. The first kappa shape index (κ1) is 46.3. The van der Waals surface area contributed by atoms with Crippen LogP contribution in [0.4, 0.5) is 0 Å². The standard InChI is InChI=1S/C45H68O5/c1-3-5-7-9-11-13-15-17-19-21-22-24-26-28-30-32-34-36-38-40-45(48)50-42-43(46)41-49-44(47)39-37-35-33-31-29-27-25-23-20-18-16-14-12-10-8-6-4-2/h5,7,11-14,17-20,22,24-25,27-28,30-31,33-34,36,43,46H,3-4,6,8-10,15-16,21,23,26,29,32,35,37-42H2,1-2H3/b7-5-,13-11-,14-12-,19-17-,20-18-,24-22-,27-25-,30-28-,33-31-,36-34-/t43-/m1/s1. The average molecular weight is 689 g/mol. The van der Waals surface area contributed by atoms with Crippen LogP contribution in [0.5, 0.6) is 0 Å². The first-order valence-corrected chi connectivity index (χ1v) is 19.1. The van der Waals surface area contributed by atoms with Crippen LogP contribution in [0.2, 0.25) is 0 Å². The van der Waals surface area contributed by atoms with Crippen molar-refractivity contribution < 1.29 is 24.2 Å². The highest BCUT2D eigenvalue weighted by Gasteiger charge is 2.11. The number of carbonyl (C=O) groups is 2. The van der Waals surface area contributed by atoms with Crippen molar-refractivity contribution in [3.63, 3.8) is 0 Å². The number of aliphatic hydroxyl groups excluding tert-OH is 1. The lowest BCUT2D eigenvalue weighted by Gasteiger charge is -2.11. The van der Waals surface area contributed by atoms with Gasteiger partial charge in [0.25, 0.3) is 0 Å². The van der Waals surface area contributed by atoms with Crippen molar-refractivity contribution in [2.24, 2.45) is 0 Å². The first-order chi connectivity index (χ1) is 24.6. The first-order valence-electron chi connectivity index (χ1n) is 19.1. The summed E-state index contributed by atoms with van der Waals surface area (Å²) in [6.45, 7) is 4.01. The van der Waals surface area contributed by atoms with Crippen LogP contribution in [0.15, 0.2) is 122 Å². The Kier molecular flexibility index (Phi) is 36.8. The molecule has 0 saturated carbocycles. The molecule has 0 aliphatic carbocycles. The van der Waals surface area contributed by atoms with Gasteiger partial charge in [0.15, 0.2) is 0 Å². The summed E-state index contributed by atoms with van der Waals surface area (Å²) < 4.78 is 10.2. The van der Waals surface area contributed by atoms with Gasteiger partial charge in [0, 0.05) is 12.8 Å². The lowest BCUT2D eigenvalue weighted by molar-refractivity contribution is -0.152. The zero-order valence-electron chi connectivity index (χ0n) is 31.3. The van der Waals surface area contributed by atoms with Crippen LogP contribution in [0.25, 0.3) is 0 Å². The molecule has 0 aromatic carbocycles. The molecule has 0 amide bonds. The quantitative estimate of drug-likeness (QED) is 0.0433. The SMILES string of the molecule is CC/C=C\C/C=C\C/C=C\C/C=C\C/C=C\C/C=C\CCC(=O)OC[C@H](O)COC(=O)CCC/C=C\C/C=C\C/C=C\C/C=C\CCCCC. The Bertz CT molecular complexity index is 1100. The van der Waals surface area contributed by atoms with Crippen molar-refractivity contribution in [3.05, 3.63) is 122 Å². The number of hydrogen-bond acceptors (Lipinski definition) is 5. The van der Waals surface area contributed by atoms with E-state index in [9.17, 15) is 14.7 Å². The molecule has 0 saturated heterocycles. The minimum Gasteiger partial charge on any atom is -0.463 e. The summed E-state index contributed by atoms with van der Waals surface area (Å²) in [6.07, 6.45) is 58.3. The maximum Gasteiger partial charge on any atom is 0.306 e. The van der Waals surface area contributed by atoms with Gasteiger partial charge in [-0.15, -0.1) is 0 Å². The van der Waals surface area contributed by atoms with Crippen molar-refractivity contribution in [2.45, 2.75) is 136 Å². The molecule has 0 bridgehead atoms. The molecule has 5 heteroatoms. The summed E-state index contributed by atoms with van der Waals surface area (Å²) >= 11 is 0. The summed E-state index contributed by atoms with van der Waals surface area (Å²) in [7, 11) is 0. The molecule has 0 aromatic heterocycles. The van der Waals surface area contributed by atoms with Crippen LogP contribution in [0, 0.1) is 0 Å². The van der Waals surface area contributed by atoms with Gasteiger partial charge >= 0.3 is 11.9 Å². The highest BCUT2D eigenvalue weighted by molar-refractivity contribution is 5.70. The molecule has 0 heterocycles. The molecular weight excluding hydrogens is 620 g/mol. The van der Waals surface area contributed by atoms with Crippen molar-refractivity contribution in [2.75, 3.05) is 13.2 Å². The van der Waals surface area contributed by atoms with E-state index < -0.39 is 6.10 Å². The maximum atomic E-state index is 11.9. The highest BCUT2D eigenvalue weighted by atomic mass is 16.6. The zero-order chi connectivity index (χ0) is 36.4. The lowest BCUT2D eigenvalue weighted by atomic mass is 10.2. The van der Waals surface area contributed by atoms with Gasteiger partial charge in [-0.2, -0.15) is 0 Å². The van der Waals surface area contributed by atoms with Crippen molar-refractivity contribution in [1.82, 2.24) is 0 Å². The fourth-order valence-electron chi connectivity index (χ4n) is 4.34. The van der Waals surface area contributed by atoms with E-state index in [1.54, 1.807) is 0 Å². The van der Waals surface area contributed by atoms with Gasteiger partial charge < -0.3 is 14.6 Å². The second kappa shape index (κ2) is 39.7. The van der Waals surface area contributed by atoms with E-state index in [1.807, 2.05) is 12.2 Å². The van der Waals surface area contributed by atoms with E-state index in [0.29, 0.717) is 12.8 Å². The van der Waals surface area contributed by atoms with Gasteiger partial charge in [-0.25, -0.2) is 0 Å². The molecule has 1 atom stereocenters. The fourth-order valence-corrected chi connectivity index (χ4v) is 4.34. The molecule has 278 valence electrons. The number of carbonyl (C=O) groups excluding carboxylic acids is 2. The van der Waals surface area contributed by atoms with E-state index >= 15 is 0 Å². The zero-order valence-corrected chi connectivity index (χ0v) is 31.3. The fraction of sp³-hybridized carbons (Fsp3) is 0.511. The lowest BCUT2D eigenvalue weighted by Crippen LogP contribution is -2.25. The Morgan fingerprint density at radius 1 is 0.440 bits per heavy atom. The van der Waals surface area contributed by atoms with Gasteiger partial charge in [-0.1, -0.05) is 148 Å². The molecule has 5 nitrogen and oxygen atoms in total. The van der Waals surface area contributed by atoms with Gasteiger partial charge in [0.05, 0.1) is 0 Å². The maximum absolute atomic E-state index is 11.9. The molecule has 0 fully saturated rings. The van der Waals surface area contributed by atoms with Crippen LogP contribution < -0.4 is 0 Å². The predicted octanol–water partition coefficient (Wildman–Crippen LogP) is 12.1. The molecule has 0 rings (SSSR count). The molecule has 0 radical (unpaired) electrons. The third kappa shape index (κ3) is 38.7. The smallest absolute Gasteiger partial charge is 0.306 e. The van der Waals surface area contributed by atoms with Gasteiger partial charge in [0.2, 0.25) is 0 Å². The third-order valence-corrected chi connectivity index (χ3v) is 7.19. The van der Waals surface area contributed by atoms with Gasteiger partial charge in [-0.05, 0) is 89.9 Å². The number of allylic oxidation sites excluding steroid dienone is 20. The van der Waals surface area contributed by atoms with Crippen molar-refractivity contribution >= 4 is 11.9 Å². The van der Waals surface area contributed by atoms with Gasteiger partial charge in [-0.3, -0.25) is 9.59 Å². The number of ether oxygens (including phenoxy) is 2. The highest BCUT2D eigenvalue weighted by Crippen LogP contribution is 2.04. The summed E-state index contributed by atoms with van der Waals surface area (Å²) in [5, 5.41) is 9.99. The molecule has 0 aromatic rings. The van der Waals surface area contributed by atoms with Crippen LogP contribution in [0.1, 0.15) is 129 Å².